The van der Waals surface area contributed by atoms with E-state index in [4.69, 9.17) is 17.3 Å². The van der Waals surface area contributed by atoms with Gasteiger partial charge in [-0.3, -0.25) is 9.69 Å². The number of nitrogens with one attached hydrogen (secondary N) is 1. The van der Waals surface area contributed by atoms with E-state index in [2.05, 4.69) is 34.5 Å². The Kier molecular flexibility index (Phi) is 5.74. The zero-order valence-corrected chi connectivity index (χ0v) is 15.2. The Morgan fingerprint density at radius 1 is 1.20 bits per heavy atom. The van der Waals surface area contributed by atoms with Crippen molar-refractivity contribution in [1.29, 1.82) is 0 Å². The number of nitrogens with two attached hydrogens (primary N) is 1. The molecule has 1 fully saturated rings. The minimum absolute atomic E-state index is 0.0187. The molecule has 3 N–H and O–H groups in total. The van der Waals surface area contributed by atoms with E-state index >= 15 is 0 Å². The SMILES string of the molecule is Cc1c(Cl)cccc1NC(=O)CN1C[C@@H](CN)[C@H](c2ccccc2)C1. The number of hydrogen-bond donors (Lipinski definition) is 2. The molecule has 2 aromatic rings. The number of carbonyl (C=O) groups excluding carboxylic acids is 1. The summed E-state index contributed by atoms with van der Waals surface area (Å²) < 4.78 is 0. The molecule has 4 nitrogen and oxygen atoms in total. The second-order valence-electron chi connectivity index (χ2n) is 6.67. The van der Waals surface area contributed by atoms with Gasteiger partial charge in [-0.1, -0.05) is 48.0 Å². The summed E-state index contributed by atoms with van der Waals surface area (Å²) in [7, 11) is 0. The molecule has 1 aliphatic heterocycles. The van der Waals surface area contributed by atoms with Crippen molar-refractivity contribution in [3.63, 3.8) is 0 Å². The van der Waals surface area contributed by atoms with Crippen LogP contribution in [0.5, 0.6) is 0 Å². The van der Waals surface area contributed by atoms with Crippen LogP contribution in [0.15, 0.2) is 48.5 Å². The quantitative estimate of drug-likeness (QED) is 0.863. The van der Waals surface area contributed by atoms with Crippen LogP contribution >= 0.6 is 11.6 Å². The first-order valence-electron chi connectivity index (χ1n) is 8.61. The molecule has 1 amide bonds. The summed E-state index contributed by atoms with van der Waals surface area (Å²) in [5, 5.41) is 3.63. The molecule has 2 aromatic carbocycles. The van der Waals surface area contributed by atoms with E-state index in [1.807, 2.05) is 31.2 Å². The molecule has 1 aliphatic rings. The average Bonchev–Trinajstić information content (AvgIpc) is 3.02. The molecule has 1 heterocycles. The first-order chi connectivity index (χ1) is 12.1. The lowest BCUT2D eigenvalue weighted by molar-refractivity contribution is -0.117. The van der Waals surface area contributed by atoms with Gasteiger partial charge in [0.15, 0.2) is 0 Å². The molecule has 25 heavy (non-hydrogen) atoms. The second-order valence-corrected chi connectivity index (χ2v) is 7.07. The lowest BCUT2D eigenvalue weighted by Crippen LogP contribution is -2.32. The maximum Gasteiger partial charge on any atom is 0.238 e. The third-order valence-electron chi connectivity index (χ3n) is 4.96. The Hall–Kier alpha value is -1.88. The molecular formula is C20H24ClN3O. The summed E-state index contributed by atoms with van der Waals surface area (Å²) in [5.41, 5.74) is 8.93. The minimum atomic E-state index is -0.0187. The van der Waals surface area contributed by atoms with Crippen molar-refractivity contribution in [2.45, 2.75) is 12.8 Å². The topological polar surface area (TPSA) is 58.4 Å². The van der Waals surface area contributed by atoms with Gasteiger partial charge in [-0.25, -0.2) is 0 Å². The van der Waals surface area contributed by atoms with E-state index in [0.29, 0.717) is 29.9 Å². The number of anilines is 1. The lowest BCUT2D eigenvalue weighted by Gasteiger charge is -2.17. The number of halogens is 1. The van der Waals surface area contributed by atoms with Gasteiger partial charge in [0.1, 0.15) is 0 Å². The molecule has 2 atom stereocenters. The van der Waals surface area contributed by atoms with Crippen LogP contribution in [0.2, 0.25) is 5.02 Å². The molecule has 5 heteroatoms. The summed E-state index contributed by atoms with van der Waals surface area (Å²) >= 11 is 6.12. The summed E-state index contributed by atoms with van der Waals surface area (Å²) in [6.07, 6.45) is 0. The summed E-state index contributed by atoms with van der Waals surface area (Å²) in [6, 6.07) is 16.0. The van der Waals surface area contributed by atoms with E-state index < -0.39 is 0 Å². The van der Waals surface area contributed by atoms with Crippen molar-refractivity contribution in [2.75, 3.05) is 31.5 Å². The van der Waals surface area contributed by atoms with Crippen LogP contribution in [0.3, 0.4) is 0 Å². The molecule has 1 saturated heterocycles. The first-order valence-corrected chi connectivity index (χ1v) is 8.98. The molecule has 0 bridgehead atoms. The number of nitrogens with zero attached hydrogens (tertiary/aromatic N) is 1. The summed E-state index contributed by atoms with van der Waals surface area (Å²) in [4.78, 5) is 14.6. The largest absolute Gasteiger partial charge is 0.330 e. The molecule has 3 rings (SSSR count). The zero-order valence-electron chi connectivity index (χ0n) is 14.4. The van der Waals surface area contributed by atoms with Crippen molar-refractivity contribution in [3.05, 3.63) is 64.7 Å². The molecule has 0 aliphatic carbocycles. The number of carbonyl (C=O) groups is 1. The average molecular weight is 358 g/mol. The minimum Gasteiger partial charge on any atom is -0.330 e. The maximum absolute atomic E-state index is 12.4. The van der Waals surface area contributed by atoms with Crippen LogP contribution in [-0.2, 0) is 4.79 Å². The number of rotatable bonds is 5. The molecule has 0 spiro atoms. The van der Waals surface area contributed by atoms with Crippen LogP contribution < -0.4 is 11.1 Å². The van der Waals surface area contributed by atoms with Crippen LogP contribution in [-0.4, -0.2) is 37.0 Å². The maximum atomic E-state index is 12.4. The predicted molar refractivity (Wildman–Crippen MR) is 103 cm³/mol. The first kappa shape index (κ1) is 17.9. The number of benzene rings is 2. The number of amides is 1. The Morgan fingerprint density at radius 3 is 2.68 bits per heavy atom. The van der Waals surface area contributed by atoms with Gasteiger partial charge < -0.3 is 11.1 Å². The van der Waals surface area contributed by atoms with Crippen LogP contribution in [0.4, 0.5) is 5.69 Å². The highest BCUT2D eigenvalue weighted by atomic mass is 35.5. The van der Waals surface area contributed by atoms with Crippen molar-refractivity contribution in [3.8, 4) is 0 Å². The van der Waals surface area contributed by atoms with Crippen LogP contribution in [0.1, 0.15) is 17.0 Å². The van der Waals surface area contributed by atoms with Gasteiger partial charge in [0.2, 0.25) is 5.91 Å². The van der Waals surface area contributed by atoms with Gasteiger partial charge in [-0.2, -0.15) is 0 Å². The van der Waals surface area contributed by atoms with Crippen LogP contribution in [0, 0.1) is 12.8 Å². The molecule has 0 aromatic heterocycles. The Morgan fingerprint density at radius 2 is 1.96 bits per heavy atom. The van der Waals surface area contributed by atoms with Gasteiger partial charge in [0.05, 0.1) is 6.54 Å². The second kappa shape index (κ2) is 8.00. The van der Waals surface area contributed by atoms with Gasteiger partial charge in [0, 0.05) is 29.7 Å². The van der Waals surface area contributed by atoms with Gasteiger partial charge in [0.25, 0.3) is 0 Å². The third kappa shape index (κ3) is 4.21. The highest BCUT2D eigenvalue weighted by Crippen LogP contribution is 2.32. The van der Waals surface area contributed by atoms with Gasteiger partial charge in [-0.05, 0) is 42.6 Å². The highest BCUT2D eigenvalue weighted by Gasteiger charge is 2.33. The van der Waals surface area contributed by atoms with Crippen LogP contribution in [0.25, 0.3) is 0 Å². The molecular weight excluding hydrogens is 334 g/mol. The van der Waals surface area contributed by atoms with E-state index in [-0.39, 0.29) is 5.91 Å². The molecule has 0 unspecified atom stereocenters. The normalized spacial score (nSPS) is 20.6. The van der Waals surface area contributed by atoms with E-state index in [1.54, 1.807) is 0 Å². The fourth-order valence-electron chi connectivity index (χ4n) is 3.54. The Bertz CT molecular complexity index is 735. The van der Waals surface area contributed by atoms with Gasteiger partial charge >= 0.3 is 0 Å². The summed E-state index contributed by atoms with van der Waals surface area (Å²) in [6.45, 7) is 4.60. The zero-order chi connectivity index (χ0) is 17.8. The predicted octanol–water partition coefficient (Wildman–Crippen LogP) is 3.26. The van der Waals surface area contributed by atoms with Crippen molar-refractivity contribution < 1.29 is 4.79 Å². The van der Waals surface area contributed by atoms with E-state index in [9.17, 15) is 4.79 Å². The third-order valence-corrected chi connectivity index (χ3v) is 5.37. The van der Waals surface area contributed by atoms with Gasteiger partial charge in [-0.15, -0.1) is 0 Å². The number of hydrogen-bond acceptors (Lipinski definition) is 3. The number of likely N-dealkylation sites (tertiary alicyclic amines) is 1. The smallest absolute Gasteiger partial charge is 0.238 e. The highest BCUT2D eigenvalue weighted by molar-refractivity contribution is 6.31. The summed E-state index contributed by atoms with van der Waals surface area (Å²) in [5.74, 6) is 0.741. The Balaban J connectivity index is 1.63. The monoisotopic (exact) mass is 357 g/mol. The van der Waals surface area contributed by atoms with E-state index in [0.717, 1.165) is 24.3 Å². The van der Waals surface area contributed by atoms with Crippen molar-refractivity contribution in [2.24, 2.45) is 11.7 Å². The fourth-order valence-corrected chi connectivity index (χ4v) is 3.72. The molecule has 132 valence electrons. The molecule has 0 saturated carbocycles. The standard InChI is InChI=1S/C20H24ClN3O/c1-14-18(21)8-5-9-19(14)23-20(25)13-24-11-16(10-22)17(12-24)15-6-3-2-4-7-15/h2-9,16-17H,10-13,22H2,1H3,(H,23,25)/t16-,17+/m1/s1. The van der Waals surface area contributed by atoms with Crippen molar-refractivity contribution in [1.82, 2.24) is 4.90 Å². The van der Waals surface area contributed by atoms with Crippen molar-refractivity contribution >= 4 is 23.2 Å². The van der Waals surface area contributed by atoms with E-state index in [1.165, 1.54) is 5.56 Å². The lowest BCUT2D eigenvalue weighted by atomic mass is 9.89. The molecule has 0 radical (unpaired) electrons. The fraction of sp³-hybridized carbons (Fsp3) is 0.350. The Labute approximate surface area is 154 Å².